The maximum atomic E-state index is 13.6. The maximum Gasteiger partial charge on any atom is 0.327 e. The zero-order chi connectivity index (χ0) is 79.5. The molecule has 0 heterocycles. The van der Waals surface area contributed by atoms with Crippen molar-refractivity contribution in [2.24, 2.45) is 0 Å². The molecule has 0 aliphatic carbocycles. The summed E-state index contributed by atoms with van der Waals surface area (Å²) in [6, 6.07) is -2.21. The third kappa shape index (κ3) is 72.9. The highest BCUT2D eigenvalue weighted by atomic mass is 31.2. The van der Waals surface area contributed by atoms with Gasteiger partial charge in [-0.1, -0.05) is 298 Å². The fourth-order valence-corrected chi connectivity index (χ4v) is 14.9. The van der Waals surface area contributed by atoms with Gasteiger partial charge in [-0.15, -0.1) is 0 Å². The van der Waals surface area contributed by atoms with Crippen molar-refractivity contribution < 1.29 is 79.7 Å². The van der Waals surface area contributed by atoms with Gasteiger partial charge in [-0.05, 0) is 51.4 Å². The molecule has 0 aromatic rings. The number of urea groups is 1. The van der Waals surface area contributed by atoms with Crippen molar-refractivity contribution in [3.8, 4) is 0 Å². The van der Waals surface area contributed by atoms with Gasteiger partial charge in [0.15, 0.2) is 0 Å². The minimum atomic E-state index is -3.77. The van der Waals surface area contributed by atoms with E-state index in [2.05, 4.69) is 62.8 Å². The van der Waals surface area contributed by atoms with Gasteiger partial charge in [0.25, 0.3) is 0 Å². The lowest BCUT2D eigenvalue weighted by molar-refractivity contribution is -0.151. The molecule has 0 spiro atoms. The summed E-state index contributed by atoms with van der Waals surface area (Å²) < 4.78 is 74.3. The Hall–Kier alpha value is -3.29. The fourth-order valence-electron chi connectivity index (χ4n) is 13.0. The van der Waals surface area contributed by atoms with Crippen molar-refractivity contribution in [1.82, 2.24) is 21.3 Å². The Kier molecular flexibility index (Phi) is 74.0. The number of ether oxygens (including phenoxy) is 4. The number of carbonyl (C=O) groups excluding carboxylic acids is 7. The van der Waals surface area contributed by atoms with Gasteiger partial charge in [0.2, 0.25) is 11.8 Å². The number of hydrogen-bond donors (Lipinski definition) is 4. The van der Waals surface area contributed by atoms with Crippen LogP contribution in [0.25, 0.3) is 0 Å². The van der Waals surface area contributed by atoms with Crippen LogP contribution in [-0.4, -0.2) is 145 Å². The number of esters is 2. The average molecular weight is 1580 g/mol. The van der Waals surface area contributed by atoms with Crippen LogP contribution in [0.3, 0.4) is 0 Å². The zero-order valence-corrected chi connectivity index (χ0v) is 72.1. The Morgan fingerprint density at radius 2 is 0.556 bits per heavy atom. The highest BCUT2D eigenvalue weighted by molar-refractivity contribution is 7.53. The van der Waals surface area contributed by atoms with Gasteiger partial charge < -0.3 is 58.3 Å². The third-order valence-corrected chi connectivity index (χ3v) is 22.2. The van der Waals surface area contributed by atoms with E-state index in [1.165, 1.54) is 155 Å². The number of rotatable bonds is 84. The van der Waals surface area contributed by atoms with Gasteiger partial charge in [-0.3, -0.25) is 37.9 Å². The van der Waals surface area contributed by atoms with Crippen LogP contribution < -0.4 is 21.3 Å². The first kappa shape index (κ1) is 105. The highest BCUT2D eigenvalue weighted by Gasteiger charge is 2.26. The molecule has 0 aromatic heterocycles. The monoisotopic (exact) mass is 1580 g/mol. The molecule has 23 heteroatoms. The molecule has 0 bridgehead atoms. The lowest BCUT2D eigenvalue weighted by atomic mass is 10.0. The number of hydrogen-bond acceptors (Lipinski definition) is 17. The summed E-state index contributed by atoms with van der Waals surface area (Å²) >= 11 is 0. The molecule has 0 rings (SSSR count). The number of unbranched alkanes of at least 4 members (excludes halogenated alkanes) is 40. The predicted octanol–water partition coefficient (Wildman–Crippen LogP) is 21.9. The summed E-state index contributed by atoms with van der Waals surface area (Å²) in [4.78, 5) is 91.6. The zero-order valence-electron chi connectivity index (χ0n) is 70.3. The van der Waals surface area contributed by atoms with E-state index in [9.17, 15) is 42.7 Å². The fraction of sp³-hybridized carbons (Fsp3) is 0.918. The van der Waals surface area contributed by atoms with Gasteiger partial charge in [0.1, 0.15) is 23.8 Å². The highest BCUT2D eigenvalue weighted by Crippen LogP contribution is 2.44. The van der Waals surface area contributed by atoms with Crippen molar-refractivity contribution in [1.29, 1.82) is 0 Å². The van der Waals surface area contributed by atoms with Gasteiger partial charge in [-0.2, -0.15) is 0 Å². The molecule has 0 aliphatic rings. The molecule has 636 valence electrons. The molecule has 0 aromatic carbocycles. The van der Waals surface area contributed by atoms with Crippen molar-refractivity contribution in [3.63, 3.8) is 0 Å². The quantitative estimate of drug-likeness (QED) is 0.0191. The summed E-state index contributed by atoms with van der Waals surface area (Å²) in [5.41, 5.74) is 0. The molecular weight excluding hydrogens is 1410 g/mol. The van der Waals surface area contributed by atoms with Crippen LogP contribution in [0, 0.1) is 0 Å². The molecule has 108 heavy (non-hydrogen) atoms. The normalized spacial score (nSPS) is 13.8. The van der Waals surface area contributed by atoms with E-state index in [-0.39, 0.29) is 114 Å². The second-order valence-corrected chi connectivity index (χ2v) is 34.7. The summed E-state index contributed by atoms with van der Waals surface area (Å²) in [5.74, 6) is -1.71. The molecule has 4 N–H and O–H groups in total. The van der Waals surface area contributed by atoms with Crippen molar-refractivity contribution >= 4 is 56.5 Å². The van der Waals surface area contributed by atoms with E-state index in [1.54, 1.807) is 0 Å². The predicted molar refractivity (Wildman–Crippen MR) is 440 cm³/mol. The van der Waals surface area contributed by atoms with Crippen LogP contribution in [0.15, 0.2) is 0 Å². The van der Waals surface area contributed by atoms with Gasteiger partial charge in [0.05, 0.1) is 77.8 Å². The van der Waals surface area contributed by atoms with Crippen LogP contribution in [0.5, 0.6) is 0 Å². The van der Waals surface area contributed by atoms with Crippen molar-refractivity contribution in [2.75, 3.05) is 79.3 Å². The molecule has 0 saturated carbocycles. The van der Waals surface area contributed by atoms with E-state index in [1.807, 2.05) is 0 Å². The Morgan fingerprint density at radius 3 is 0.843 bits per heavy atom. The van der Waals surface area contributed by atoms with E-state index >= 15 is 0 Å². The topological polar surface area (TPSA) is 276 Å². The third-order valence-electron chi connectivity index (χ3n) is 19.6. The summed E-state index contributed by atoms with van der Waals surface area (Å²) in [7, 11) is -7.54. The second-order valence-electron chi connectivity index (χ2n) is 30.6. The number of nitrogens with one attached hydrogen (secondary N) is 4. The molecule has 0 saturated heterocycles. The Labute approximate surface area is 659 Å². The number of amides is 4. The molecule has 6 unspecified atom stereocenters. The van der Waals surface area contributed by atoms with Crippen LogP contribution in [0.2, 0.25) is 0 Å². The van der Waals surface area contributed by atoms with E-state index in [0.29, 0.717) is 38.5 Å². The molecule has 0 radical (unpaired) electrons. The smallest absolute Gasteiger partial charge is 0.327 e. The molecular formula is C85H164N4O17P2. The first-order chi connectivity index (χ1) is 52.3. The summed E-state index contributed by atoms with van der Waals surface area (Å²) in [5, 5.41) is 11.0. The number of Topliss-reactive ketones (excluding diaryl/α,β-unsaturated/α-hetero) is 2. The molecule has 0 fully saturated rings. The van der Waals surface area contributed by atoms with Crippen molar-refractivity contribution in [2.45, 2.75) is 425 Å². The lowest BCUT2D eigenvalue weighted by Crippen LogP contribution is -2.42. The van der Waals surface area contributed by atoms with E-state index in [4.69, 9.17) is 37.0 Å². The largest absolute Gasteiger partial charge is 0.462 e. The standard InChI is InChI=1S/C85H164N4O17P2/c1-9-15-21-27-31-35-39-45-49-55-77(90)69-81(92)88-75(71-99-65-61-79(57-51-43-25-19-13-5)105-83(94)59-53-47-41-37-33-29-23-17-11-3)73-103-107(7,97)101-67-63-86-85(96)87-64-68-102-108(8,98)104-74-76(89-82(93)70-78(91)56-50-46-40-36-32-28-22-16-10-2)72-100-66-62-80(58-52-44-26-20-14-6)106-84(95)60-54-48-42-38-34-30-24-18-12-4/h75-76,79-80H,9-74H2,1-8H3,(H,88,92)(H,89,93)(H2,86,87,96). The minimum Gasteiger partial charge on any atom is -0.462 e. The van der Waals surface area contributed by atoms with Crippen LogP contribution >= 0.6 is 15.2 Å². The Morgan fingerprint density at radius 1 is 0.296 bits per heavy atom. The number of carbonyl (C=O) groups is 7. The molecule has 4 amide bonds. The first-order valence-electron chi connectivity index (χ1n) is 44.2. The van der Waals surface area contributed by atoms with Gasteiger partial charge in [-0.25, -0.2) is 4.79 Å². The summed E-state index contributed by atoms with van der Waals surface area (Å²) in [6.45, 7) is 15.1. The average Bonchev–Trinajstić information content (AvgIpc) is 0.914. The Bertz CT molecular complexity index is 2120. The van der Waals surface area contributed by atoms with E-state index in [0.717, 1.165) is 167 Å². The van der Waals surface area contributed by atoms with Gasteiger partial charge >= 0.3 is 33.2 Å². The molecule has 0 aliphatic heterocycles. The first-order valence-corrected chi connectivity index (χ1v) is 48.2. The maximum absolute atomic E-state index is 13.6. The lowest BCUT2D eigenvalue weighted by Gasteiger charge is -2.23. The van der Waals surface area contributed by atoms with Gasteiger partial charge in [0, 0.05) is 64.9 Å². The van der Waals surface area contributed by atoms with Crippen molar-refractivity contribution in [3.05, 3.63) is 0 Å². The Balaban J connectivity index is 5.68. The van der Waals surface area contributed by atoms with Crippen LogP contribution in [0.4, 0.5) is 4.79 Å². The summed E-state index contributed by atoms with van der Waals surface area (Å²) in [6.07, 6.45) is 54.0. The minimum absolute atomic E-state index is 0.0311. The SMILES string of the molecule is CCCCCCCCCCCC(=O)CC(=O)NC(COCCC(CCCCCCC)OC(=O)CCCCCCCCCCC)COP(C)(=O)OCCNC(=O)NCCOP(C)(=O)OCC(COCCC(CCCCCCC)OC(=O)CCCCCCCCCCC)NC(=O)CC(=O)CCCCCCCCCCC. The molecule has 21 nitrogen and oxygen atoms in total. The van der Waals surface area contributed by atoms with Crippen LogP contribution in [0.1, 0.15) is 401 Å². The van der Waals surface area contributed by atoms with E-state index < -0.39 is 45.1 Å². The number of ketones is 2. The van der Waals surface area contributed by atoms with Crippen LogP contribution in [-0.2, 0) is 74.9 Å². The molecule has 6 atom stereocenters. The second kappa shape index (κ2) is 76.3.